The molecule has 0 unspecified atom stereocenters. The topological polar surface area (TPSA) is 84.4 Å². The first-order valence-electron chi connectivity index (χ1n) is 10.7. The van der Waals surface area contributed by atoms with Crippen LogP contribution in [-0.4, -0.2) is 40.3 Å². The zero-order valence-electron chi connectivity index (χ0n) is 18.2. The van der Waals surface area contributed by atoms with Crippen LogP contribution in [0.25, 0.3) is 0 Å². The van der Waals surface area contributed by atoms with Crippen molar-refractivity contribution in [3.05, 3.63) is 83.4 Å². The van der Waals surface area contributed by atoms with E-state index in [1.807, 2.05) is 47.4 Å². The molecule has 7 heteroatoms. The van der Waals surface area contributed by atoms with Crippen molar-refractivity contribution < 1.29 is 14.3 Å². The van der Waals surface area contributed by atoms with Gasteiger partial charge in [0.15, 0.2) is 5.82 Å². The Morgan fingerprint density at radius 3 is 2.56 bits per heavy atom. The second kappa shape index (κ2) is 9.60. The van der Waals surface area contributed by atoms with E-state index < -0.39 is 0 Å². The number of likely N-dealkylation sites (tertiary alicyclic amines) is 1. The van der Waals surface area contributed by atoms with E-state index in [1.54, 1.807) is 32.4 Å². The Morgan fingerprint density at radius 2 is 1.81 bits per heavy atom. The summed E-state index contributed by atoms with van der Waals surface area (Å²) < 4.78 is 5.30. The molecule has 164 valence electrons. The maximum absolute atomic E-state index is 13.1. The fourth-order valence-electron chi connectivity index (χ4n) is 4.00. The van der Waals surface area contributed by atoms with Crippen LogP contribution in [0.3, 0.4) is 0 Å². The largest absolute Gasteiger partial charge is 0.495 e. The molecule has 1 aliphatic heterocycles. The summed E-state index contributed by atoms with van der Waals surface area (Å²) in [6, 6.07) is 16.3. The van der Waals surface area contributed by atoms with Gasteiger partial charge in [-0.2, -0.15) is 0 Å². The molecular formula is C25H26N4O3. The molecule has 1 N–H and O–H groups in total. The van der Waals surface area contributed by atoms with Gasteiger partial charge in [-0.3, -0.25) is 9.59 Å². The summed E-state index contributed by atoms with van der Waals surface area (Å²) in [5.74, 6) is 0.822. The Bertz CT molecular complexity index is 1120. The molecule has 0 bridgehead atoms. The second-order valence-corrected chi connectivity index (χ2v) is 7.76. The number of nitrogens with one attached hydrogen (secondary N) is 1. The lowest BCUT2D eigenvalue weighted by atomic mass is 9.99. The fraction of sp³-hybridized carbons (Fsp3) is 0.280. The van der Waals surface area contributed by atoms with Gasteiger partial charge < -0.3 is 15.0 Å². The van der Waals surface area contributed by atoms with Crippen molar-refractivity contribution in [3.8, 4) is 5.75 Å². The molecule has 1 atom stereocenters. The molecule has 0 spiro atoms. The number of methoxy groups -OCH3 is 1. The summed E-state index contributed by atoms with van der Waals surface area (Å²) in [6.45, 7) is 2.45. The first-order chi connectivity index (χ1) is 15.6. The number of amides is 2. The van der Waals surface area contributed by atoms with E-state index in [9.17, 15) is 9.59 Å². The fourth-order valence-corrected chi connectivity index (χ4v) is 4.00. The second-order valence-electron chi connectivity index (χ2n) is 7.76. The molecule has 1 aliphatic rings. The molecule has 0 aliphatic carbocycles. The summed E-state index contributed by atoms with van der Waals surface area (Å²) in [7, 11) is 1.56. The number of benzene rings is 2. The van der Waals surface area contributed by atoms with E-state index in [0.29, 0.717) is 40.6 Å². The molecule has 7 nitrogen and oxygen atoms in total. The summed E-state index contributed by atoms with van der Waals surface area (Å²) in [6.07, 6.45) is 4.29. The molecule has 32 heavy (non-hydrogen) atoms. The highest BCUT2D eigenvalue weighted by molar-refractivity contribution is 6.05. The molecule has 3 aromatic rings. The standard InChI is InChI=1S/C25H26N4O3/c1-17-19(24(30)28-20-12-6-7-14-22(20)32-2)16-26-23(27-17)21-13-8-9-15-29(21)25(31)18-10-4-3-5-11-18/h3-7,10-12,14,16,21H,8-9,13,15H2,1-2H3,(H,28,30)/t21-/m1/s1. The minimum atomic E-state index is -0.306. The van der Waals surface area contributed by atoms with Crippen LogP contribution in [-0.2, 0) is 0 Å². The number of piperidine rings is 1. The summed E-state index contributed by atoms with van der Waals surface area (Å²) in [5.41, 5.74) is 2.19. The van der Waals surface area contributed by atoms with E-state index in [4.69, 9.17) is 4.74 Å². The Balaban J connectivity index is 1.56. The van der Waals surface area contributed by atoms with E-state index >= 15 is 0 Å². The van der Waals surface area contributed by atoms with Gasteiger partial charge in [-0.1, -0.05) is 30.3 Å². The summed E-state index contributed by atoms with van der Waals surface area (Å²) >= 11 is 0. The monoisotopic (exact) mass is 430 g/mol. The normalized spacial score (nSPS) is 15.8. The summed E-state index contributed by atoms with van der Waals surface area (Å²) in [4.78, 5) is 36.9. The van der Waals surface area contributed by atoms with Crippen LogP contribution in [0.15, 0.2) is 60.8 Å². The van der Waals surface area contributed by atoms with E-state index in [-0.39, 0.29) is 17.9 Å². The first kappa shape index (κ1) is 21.5. The summed E-state index contributed by atoms with van der Waals surface area (Å²) in [5, 5.41) is 2.86. The van der Waals surface area contributed by atoms with Crippen molar-refractivity contribution in [1.82, 2.24) is 14.9 Å². The number of hydrogen-bond acceptors (Lipinski definition) is 5. The third kappa shape index (κ3) is 4.46. The molecule has 2 aromatic carbocycles. The maximum Gasteiger partial charge on any atom is 0.259 e. The maximum atomic E-state index is 13.1. The van der Waals surface area contributed by atoms with Crippen molar-refractivity contribution in [2.75, 3.05) is 19.0 Å². The SMILES string of the molecule is COc1ccccc1NC(=O)c1cnc([C@H]2CCCCN2C(=O)c2ccccc2)nc1C. The number of para-hydroxylation sites is 2. The molecular weight excluding hydrogens is 404 g/mol. The van der Waals surface area contributed by atoms with Gasteiger partial charge in [0.2, 0.25) is 0 Å². The van der Waals surface area contributed by atoms with Gasteiger partial charge >= 0.3 is 0 Å². The number of rotatable bonds is 5. The predicted octanol–water partition coefficient (Wildman–Crippen LogP) is 4.41. The van der Waals surface area contributed by atoms with Crippen LogP contribution in [0, 0.1) is 6.92 Å². The highest BCUT2D eigenvalue weighted by Gasteiger charge is 2.31. The van der Waals surface area contributed by atoms with E-state index in [0.717, 1.165) is 19.3 Å². The van der Waals surface area contributed by atoms with Gasteiger partial charge in [0.05, 0.1) is 30.1 Å². The number of carbonyl (C=O) groups is 2. The molecule has 4 rings (SSSR count). The number of aryl methyl sites for hydroxylation is 1. The average molecular weight is 431 g/mol. The Morgan fingerprint density at radius 1 is 1.06 bits per heavy atom. The molecule has 2 heterocycles. The molecule has 0 saturated carbocycles. The average Bonchev–Trinajstić information content (AvgIpc) is 2.84. The molecule has 1 fully saturated rings. The van der Waals surface area contributed by atoms with Crippen LogP contribution in [0.5, 0.6) is 5.75 Å². The zero-order chi connectivity index (χ0) is 22.5. The molecule has 1 aromatic heterocycles. The van der Waals surface area contributed by atoms with Crippen LogP contribution in [0.2, 0.25) is 0 Å². The number of ether oxygens (including phenoxy) is 1. The van der Waals surface area contributed by atoms with Crippen LogP contribution in [0.4, 0.5) is 5.69 Å². The number of anilines is 1. The van der Waals surface area contributed by atoms with E-state index in [1.165, 1.54) is 0 Å². The minimum Gasteiger partial charge on any atom is -0.495 e. The lowest BCUT2D eigenvalue weighted by molar-refractivity contribution is 0.0599. The molecule has 1 saturated heterocycles. The first-order valence-corrected chi connectivity index (χ1v) is 10.7. The van der Waals surface area contributed by atoms with Gasteiger partial charge in [-0.25, -0.2) is 9.97 Å². The lowest BCUT2D eigenvalue weighted by Crippen LogP contribution is -2.39. The number of hydrogen-bond donors (Lipinski definition) is 1. The van der Waals surface area contributed by atoms with Crippen molar-refractivity contribution in [2.24, 2.45) is 0 Å². The molecule has 0 radical (unpaired) electrons. The number of aromatic nitrogens is 2. The number of carbonyl (C=O) groups excluding carboxylic acids is 2. The highest BCUT2D eigenvalue weighted by Crippen LogP contribution is 2.31. The van der Waals surface area contributed by atoms with Crippen LogP contribution < -0.4 is 10.1 Å². The zero-order valence-corrected chi connectivity index (χ0v) is 18.2. The van der Waals surface area contributed by atoms with Gasteiger partial charge in [-0.15, -0.1) is 0 Å². The van der Waals surface area contributed by atoms with Crippen molar-refractivity contribution in [1.29, 1.82) is 0 Å². The third-order valence-electron chi connectivity index (χ3n) is 5.68. The van der Waals surface area contributed by atoms with Crippen LogP contribution >= 0.6 is 0 Å². The van der Waals surface area contributed by atoms with Gasteiger partial charge in [0.25, 0.3) is 11.8 Å². The predicted molar refractivity (Wildman–Crippen MR) is 122 cm³/mol. The van der Waals surface area contributed by atoms with Crippen molar-refractivity contribution in [3.63, 3.8) is 0 Å². The van der Waals surface area contributed by atoms with Gasteiger partial charge in [-0.05, 0) is 50.5 Å². The third-order valence-corrected chi connectivity index (χ3v) is 5.68. The Kier molecular flexibility index (Phi) is 6.44. The number of nitrogens with zero attached hydrogens (tertiary/aromatic N) is 3. The highest BCUT2D eigenvalue weighted by atomic mass is 16.5. The smallest absolute Gasteiger partial charge is 0.259 e. The Labute approximate surface area is 187 Å². The lowest BCUT2D eigenvalue weighted by Gasteiger charge is -2.35. The minimum absolute atomic E-state index is 0.0189. The van der Waals surface area contributed by atoms with Crippen LogP contribution in [0.1, 0.15) is 57.5 Å². The molecule has 2 amide bonds. The quantitative estimate of drug-likeness (QED) is 0.648. The Hall–Kier alpha value is -3.74. The van der Waals surface area contributed by atoms with Gasteiger partial charge in [0, 0.05) is 18.3 Å². The van der Waals surface area contributed by atoms with Crippen molar-refractivity contribution in [2.45, 2.75) is 32.2 Å². The van der Waals surface area contributed by atoms with Gasteiger partial charge in [0.1, 0.15) is 5.75 Å². The van der Waals surface area contributed by atoms with E-state index in [2.05, 4.69) is 15.3 Å². The van der Waals surface area contributed by atoms with Crippen molar-refractivity contribution >= 4 is 17.5 Å².